The van der Waals surface area contributed by atoms with Crippen LogP contribution in [0.2, 0.25) is 0 Å². The van der Waals surface area contributed by atoms with E-state index in [0.717, 1.165) is 35.6 Å². The molecule has 0 radical (unpaired) electrons. The molecule has 0 unspecified atom stereocenters. The van der Waals surface area contributed by atoms with Crippen LogP contribution in [-0.4, -0.2) is 25.1 Å². The van der Waals surface area contributed by atoms with Gasteiger partial charge in [0.05, 0.1) is 15.1 Å². The molecular weight excluding hydrogens is 372 g/mol. The summed E-state index contributed by atoms with van der Waals surface area (Å²) in [6, 6.07) is 8.25. The second kappa shape index (κ2) is 6.73. The van der Waals surface area contributed by atoms with Crippen molar-refractivity contribution in [3.63, 3.8) is 0 Å². The summed E-state index contributed by atoms with van der Waals surface area (Å²) in [5.74, 6) is -2.60. The molecule has 2 N–H and O–H groups in total. The van der Waals surface area contributed by atoms with E-state index < -0.39 is 33.1 Å². The predicted molar refractivity (Wildman–Crippen MR) is 89.8 cm³/mol. The minimum absolute atomic E-state index is 0.153. The van der Waals surface area contributed by atoms with Gasteiger partial charge in [-0.3, -0.25) is 15.6 Å². The molecule has 130 valence electrons. The van der Waals surface area contributed by atoms with Crippen LogP contribution in [0.15, 0.2) is 47.4 Å². The van der Waals surface area contributed by atoms with Crippen LogP contribution in [0.4, 0.5) is 13.9 Å². The minimum Gasteiger partial charge on any atom is -0.273 e. The molecule has 0 fully saturated rings. The largest absolute Gasteiger partial charge is 0.273 e. The first-order chi connectivity index (χ1) is 11.8. The number of carbonyl (C=O) groups excluding carboxylic acids is 1. The number of halogens is 2. The fourth-order valence-corrected chi connectivity index (χ4v) is 3.99. The number of rotatable bonds is 5. The van der Waals surface area contributed by atoms with Crippen LogP contribution in [0.5, 0.6) is 0 Å². The molecule has 0 saturated carbocycles. The van der Waals surface area contributed by atoms with Crippen molar-refractivity contribution in [1.29, 1.82) is 0 Å². The lowest BCUT2D eigenvalue weighted by Gasteiger charge is -2.06. The number of hydrogen-bond acceptors (Lipinski definition) is 6. The van der Waals surface area contributed by atoms with Crippen molar-refractivity contribution in [1.82, 2.24) is 10.4 Å². The molecular formula is C15H11F2N3O3S2. The molecule has 3 rings (SSSR count). The number of amides is 1. The van der Waals surface area contributed by atoms with E-state index in [-0.39, 0.29) is 10.0 Å². The van der Waals surface area contributed by atoms with E-state index in [9.17, 15) is 22.0 Å². The first-order valence-corrected chi connectivity index (χ1v) is 9.40. The van der Waals surface area contributed by atoms with Gasteiger partial charge in [-0.25, -0.2) is 22.2 Å². The third kappa shape index (κ3) is 4.09. The van der Waals surface area contributed by atoms with Crippen LogP contribution in [0.25, 0.3) is 10.2 Å². The van der Waals surface area contributed by atoms with Crippen molar-refractivity contribution in [3.05, 3.63) is 54.1 Å². The molecule has 10 heteroatoms. The zero-order chi connectivity index (χ0) is 18.0. The second-order valence-electron chi connectivity index (χ2n) is 5.02. The van der Waals surface area contributed by atoms with E-state index in [4.69, 9.17) is 0 Å². The lowest BCUT2D eigenvalue weighted by Crippen LogP contribution is -2.34. The van der Waals surface area contributed by atoms with Gasteiger partial charge in [0.2, 0.25) is 5.13 Å². The van der Waals surface area contributed by atoms with Gasteiger partial charge < -0.3 is 0 Å². The molecule has 1 amide bonds. The van der Waals surface area contributed by atoms with E-state index in [1.165, 1.54) is 18.2 Å². The number of carbonyl (C=O) groups is 1. The quantitative estimate of drug-likeness (QED) is 0.522. The molecule has 2 aromatic carbocycles. The van der Waals surface area contributed by atoms with Crippen LogP contribution in [-0.2, 0) is 14.6 Å². The van der Waals surface area contributed by atoms with Crippen LogP contribution in [0.1, 0.15) is 0 Å². The Balaban J connectivity index is 1.64. The van der Waals surface area contributed by atoms with E-state index >= 15 is 0 Å². The maximum Gasteiger partial charge on any atom is 0.253 e. The number of sulfone groups is 1. The zero-order valence-electron chi connectivity index (χ0n) is 12.5. The van der Waals surface area contributed by atoms with Gasteiger partial charge in [-0.05, 0) is 42.5 Å². The molecule has 6 nitrogen and oxygen atoms in total. The minimum atomic E-state index is -3.90. The summed E-state index contributed by atoms with van der Waals surface area (Å²) >= 11 is 1.10. The Morgan fingerprint density at radius 1 is 1.08 bits per heavy atom. The fourth-order valence-electron chi connectivity index (χ4n) is 2.01. The van der Waals surface area contributed by atoms with Gasteiger partial charge in [-0.1, -0.05) is 11.3 Å². The highest BCUT2D eigenvalue weighted by Crippen LogP contribution is 2.25. The number of hydrogen-bond donors (Lipinski definition) is 2. The summed E-state index contributed by atoms with van der Waals surface area (Å²) in [4.78, 5) is 15.8. The number of thiazole rings is 1. The maximum atomic E-state index is 13.1. The third-order valence-electron chi connectivity index (χ3n) is 3.15. The number of benzene rings is 2. The lowest BCUT2D eigenvalue weighted by atomic mass is 10.3. The van der Waals surface area contributed by atoms with Gasteiger partial charge in [0.25, 0.3) is 5.91 Å². The Morgan fingerprint density at radius 2 is 1.76 bits per heavy atom. The Labute approximate surface area is 145 Å². The van der Waals surface area contributed by atoms with E-state index in [1.54, 1.807) is 0 Å². The summed E-state index contributed by atoms with van der Waals surface area (Å²) < 4.78 is 50.7. The topological polar surface area (TPSA) is 88.2 Å². The van der Waals surface area contributed by atoms with Gasteiger partial charge in [0.15, 0.2) is 9.84 Å². The molecule has 0 bridgehead atoms. The third-order valence-corrected chi connectivity index (χ3v) is 5.72. The van der Waals surface area contributed by atoms with Crippen molar-refractivity contribution in [3.8, 4) is 0 Å². The highest BCUT2D eigenvalue weighted by Gasteiger charge is 2.19. The molecule has 0 aliphatic rings. The highest BCUT2D eigenvalue weighted by atomic mass is 32.2. The van der Waals surface area contributed by atoms with E-state index in [1.807, 2.05) is 0 Å². The normalized spacial score (nSPS) is 11.4. The standard InChI is InChI=1S/C15H11F2N3O3S2/c16-9-1-4-11(5-2-9)25(22,23)8-14(21)19-20-15-18-12-6-3-10(17)7-13(12)24-15/h1-7H,8H2,(H,18,20)(H,19,21). The molecule has 3 aromatic rings. The fraction of sp³-hybridized carbons (Fsp3) is 0.0667. The molecule has 0 aliphatic carbocycles. The monoisotopic (exact) mass is 383 g/mol. The Hall–Kier alpha value is -2.59. The van der Waals surface area contributed by atoms with Gasteiger partial charge in [0.1, 0.15) is 17.4 Å². The summed E-state index contributed by atoms with van der Waals surface area (Å²) in [7, 11) is -3.90. The highest BCUT2D eigenvalue weighted by molar-refractivity contribution is 7.92. The molecule has 0 spiro atoms. The summed E-state index contributed by atoms with van der Waals surface area (Å²) in [5, 5.41) is 0.285. The second-order valence-corrected chi connectivity index (χ2v) is 8.04. The molecule has 1 aromatic heterocycles. The summed E-state index contributed by atoms with van der Waals surface area (Å²) in [6.07, 6.45) is 0. The Bertz CT molecular complexity index is 1030. The molecule has 0 atom stereocenters. The molecule has 1 heterocycles. The summed E-state index contributed by atoms with van der Waals surface area (Å²) in [6.45, 7) is 0. The Morgan fingerprint density at radius 3 is 2.48 bits per heavy atom. The van der Waals surface area contributed by atoms with E-state index in [0.29, 0.717) is 10.2 Å². The van der Waals surface area contributed by atoms with Crippen LogP contribution < -0.4 is 10.9 Å². The van der Waals surface area contributed by atoms with Crippen molar-refractivity contribution in [2.75, 3.05) is 11.2 Å². The number of anilines is 1. The predicted octanol–water partition coefficient (Wildman–Crippen LogP) is 2.49. The molecule has 0 aliphatic heterocycles. The van der Waals surface area contributed by atoms with Crippen LogP contribution in [0, 0.1) is 11.6 Å². The maximum absolute atomic E-state index is 13.1. The van der Waals surface area contributed by atoms with Crippen LogP contribution >= 0.6 is 11.3 Å². The van der Waals surface area contributed by atoms with Crippen molar-refractivity contribution >= 4 is 42.4 Å². The van der Waals surface area contributed by atoms with Gasteiger partial charge in [0, 0.05) is 0 Å². The summed E-state index contributed by atoms with van der Waals surface area (Å²) in [5.41, 5.74) is 5.26. The number of aromatic nitrogens is 1. The lowest BCUT2D eigenvalue weighted by molar-refractivity contribution is -0.118. The number of nitrogens with one attached hydrogen (secondary N) is 2. The average Bonchev–Trinajstić information content (AvgIpc) is 2.95. The van der Waals surface area contributed by atoms with Crippen molar-refractivity contribution in [2.24, 2.45) is 0 Å². The first kappa shape index (κ1) is 17.2. The molecule has 25 heavy (non-hydrogen) atoms. The molecule has 0 saturated heterocycles. The number of fused-ring (bicyclic) bond motifs is 1. The average molecular weight is 383 g/mol. The van der Waals surface area contributed by atoms with Gasteiger partial charge in [-0.15, -0.1) is 0 Å². The van der Waals surface area contributed by atoms with E-state index in [2.05, 4.69) is 15.8 Å². The smallest absolute Gasteiger partial charge is 0.253 e. The number of nitrogens with zero attached hydrogens (tertiary/aromatic N) is 1. The number of hydrazine groups is 1. The van der Waals surface area contributed by atoms with Gasteiger partial charge >= 0.3 is 0 Å². The van der Waals surface area contributed by atoms with Crippen LogP contribution in [0.3, 0.4) is 0 Å². The Kier molecular flexibility index (Phi) is 4.64. The van der Waals surface area contributed by atoms with Crippen molar-refractivity contribution in [2.45, 2.75) is 4.90 Å². The first-order valence-electron chi connectivity index (χ1n) is 6.93. The van der Waals surface area contributed by atoms with Crippen molar-refractivity contribution < 1.29 is 22.0 Å². The van der Waals surface area contributed by atoms with Gasteiger partial charge in [-0.2, -0.15) is 0 Å². The zero-order valence-corrected chi connectivity index (χ0v) is 14.1. The SMILES string of the molecule is O=C(CS(=O)(=O)c1ccc(F)cc1)NNc1nc2ccc(F)cc2s1.